The molecule has 0 radical (unpaired) electrons. The average Bonchev–Trinajstić information content (AvgIpc) is 2.39. The van der Waals surface area contributed by atoms with Crippen molar-refractivity contribution in [3.8, 4) is 0 Å². The Labute approximate surface area is 109 Å². The van der Waals surface area contributed by atoms with Crippen molar-refractivity contribution in [2.45, 2.75) is 51.2 Å². The minimum atomic E-state index is -0.118. The predicted octanol–water partition coefficient (Wildman–Crippen LogP) is 2.84. The van der Waals surface area contributed by atoms with Crippen molar-refractivity contribution in [2.75, 3.05) is 6.54 Å². The highest BCUT2D eigenvalue weighted by Crippen LogP contribution is 2.12. The van der Waals surface area contributed by atoms with E-state index in [-0.39, 0.29) is 5.82 Å². The van der Waals surface area contributed by atoms with E-state index in [4.69, 9.17) is 0 Å². The summed E-state index contributed by atoms with van der Waals surface area (Å²) in [5, 5.41) is 6.95. The second kappa shape index (κ2) is 6.86. The molecule has 2 atom stereocenters. The molecule has 0 bridgehead atoms. The molecule has 3 heteroatoms. The molecule has 0 aromatic heterocycles. The van der Waals surface area contributed by atoms with Gasteiger partial charge in [0.05, 0.1) is 0 Å². The van der Waals surface area contributed by atoms with Crippen LogP contribution in [0.5, 0.6) is 0 Å². The minimum absolute atomic E-state index is 0.118. The fourth-order valence-electron chi connectivity index (χ4n) is 2.56. The van der Waals surface area contributed by atoms with Gasteiger partial charge in [0.25, 0.3) is 0 Å². The van der Waals surface area contributed by atoms with E-state index >= 15 is 0 Å². The van der Waals surface area contributed by atoms with Crippen molar-refractivity contribution < 1.29 is 4.39 Å². The first kappa shape index (κ1) is 13.5. The maximum atomic E-state index is 13.4. The summed E-state index contributed by atoms with van der Waals surface area (Å²) >= 11 is 0. The van der Waals surface area contributed by atoms with E-state index in [1.807, 2.05) is 12.1 Å². The standard InChI is InChI=1S/C15H23FN2/c1-12(10-14-7-4-5-9-17-14)18-11-13-6-2-3-8-15(13)16/h2-3,6,8,12,14,17-18H,4-5,7,9-11H2,1H3. The molecule has 0 aliphatic carbocycles. The van der Waals surface area contributed by atoms with Crippen LogP contribution in [-0.4, -0.2) is 18.6 Å². The molecule has 2 unspecified atom stereocenters. The van der Waals surface area contributed by atoms with Crippen molar-refractivity contribution in [1.29, 1.82) is 0 Å². The Morgan fingerprint density at radius 3 is 2.94 bits per heavy atom. The molecule has 1 aliphatic heterocycles. The van der Waals surface area contributed by atoms with Crippen molar-refractivity contribution in [2.24, 2.45) is 0 Å². The summed E-state index contributed by atoms with van der Waals surface area (Å²) < 4.78 is 13.4. The number of hydrogen-bond donors (Lipinski definition) is 2. The van der Waals surface area contributed by atoms with E-state index < -0.39 is 0 Å². The Morgan fingerprint density at radius 1 is 1.39 bits per heavy atom. The fourth-order valence-corrected chi connectivity index (χ4v) is 2.56. The molecule has 2 N–H and O–H groups in total. The van der Waals surface area contributed by atoms with Crippen LogP contribution in [0.1, 0.15) is 38.2 Å². The van der Waals surface area contributed by atoms with E-state index in [0.29, 0.717) is 18.6 Å². The molecular weight excluding hydrogens is 227 g/mol. The Morgan fingerprint density at radius 2 is 2.22 bits per heavy atom. The van der Waals surface area contributed by atoms with Gasteiger partial charge in [-0.2, -0.15) is 0 Å². The zero-order chi connectivity index (χ0) is 12.8. The highest BCUT2D eigenvalue weighted by molar-refractivity contribution is 5.16. The first-order chi connectivity index (χ1) is 8.75. The molecule has 1 fully saturated rings. The quantitative estimate of drug-likeness (QED) is 0.839. The maximum Gasteiger partial charge on any atom is 0.127 e. The summed E-state index contributed by atoms with van der Waals surface area (Å²) in [6.07, 6.45) is 5.02. The molecule has 100 valence electrons. The van der Waals surface area contributed by atoms with Gasteiger partial charge in [-0.25, -0.2) is 4.39 Å². The highest BCUT2D eigenvalue weighted by atomic mass is 19.1. The summed E-state index contributed by atoms with van der Waals surface area (Å²) in [5.41, 5.74) is 0.751. The van der Waals surface area contributed by atoms with Crippen LogP contribution >= 0.6 is 0 Å². The molecule has 1 aromatic carbocycles. The summed E-state index contributed by atoms with van der Waals surface area (Å²) in [4.78, 5) is 0. The predicted molar refractivity (Wildman–Crippen MR) is 73.0 cm³/mol. The maximum absolute atomic E-state index is 13.4. The Hall–Kier alpha value is -0.930. The van der Waals surface area contributed by atoms with Crippen LogP contribution in [0.25, 0.3) is 0 Å². The van der Waals surface area contributed by atoms with Crippen LogP contribution in [0, 0.1) is 5.82 Å². The Bertz CT molecular complexity index is 361. The molecule has 1 aliphatic rings. The van der Waals surface area contributed by atoms with Gasteiger partial charge in [0.1, 0.15) is 5.82 Å². The van der Waals surface area contributed by atoms with Gasteiger partial charge >= 0.3 is 0 Å². The summed E-state index contributed by atoms with van der Waals surface area (Å²) in [7, 11) is 0. The molecule has 1 aromatic rings. The third-order valence-corrected chi connectivity index (χ3v) is 3.65. The van der Waals surface area contributed by atoms with Gasteiger partial charge in [0.15, 0.2) is 0 Å². The third-order valence-electron chi connectivity index (χ3n) is 3.65. The highest BCUT2D eigenvalue weighted by Gasteiger charge is 2.15. The van der Waals surface area contributed by atoms with Crippen molar-refractivity contribution >= 4 is 0 Å². The third kappa shape index (κ3) is 4.07. The lowest BCUT2D eigenvalue weighted by molar-refractivity contribution is 0.344. The molecule has 2 nitrogen and oxygen atoms in total. The van der Waals surface area contributed by atoms with Crippen LogP contribution in [0.15, 0.2) is 24.3 Å². The van der Waals surface area contributed by atoms with Crippen LogP contribution < -0.4 is 10.6 Å². The number of halogens is 1. The van der Waals surface area contributed by atoms with Gasteiger partial charge in [-0.1, -0.05) is 24.6 Å². The van der Waals surface area contributed by atoms with E-state index in [0.717, 1.165) is 18.5 Å². The summed E-state index contributed by atoms with van der Waals surface area (Å²) in [6, 6.07) is 8.02. The monoisotopic (exact) mass is 250 g/mol. The van der Waals surface area contributed by atoms with Gasteiger partial charge in [0, 0.05) is 24.2 Å². The minimum Gasteiger partial charge on any atom is -0.314 e. The second-order valence-electron chi connectivity index (χ2n) is 5.26. The van der Waals surface area contributed by atoms with Crippen LogP contribution in [-0.2, 0) is 6.54 Å². The lowest BCUT2D eigenvalue weighted by Crippen LogP contribution is -2.39. The van der Waals surface area contributed by atoms with Gasteiger partial charge < -0.3 is 10.6 Å². The Balaban J connectivity index is 1.74. The number of benzene rings is 1. The molecule has 1 saturated heterocycles. The molecular formula is C15H23FN2. The first-order valence-corrected chi connectivity index (χ1v) is 6.96. The molecule has 18 heavy (non-hydrogen) atoms. The topological polar surface area (TPSA) is 24.1 Å². The van der Waals surface area contributed by atoms with Crippen molar-refractivity contribution in [3.05, 3.63) is 35.6 Å². The molecule has 0 amide bonds. The van der Waals surface area contributed by atoms with E-state index in [1.54, 1.807) is 6.07 Å². The van der Waals surface area contributed by atoms with E-state index in [1.165, 1.54) is 25.3 Å². The molecule has 0 spiro atoms. The summed E-state index contributed by atoms with van der Waals surface area (Å²) in [6.45, 7) is 3.93. The largest absolute Gasteiger partial charge is 0.314 e. The fraction of sp³-hybridized carbons (Fsp3) is 0.600. The molecule has 2 rings (SSSR count). The second-order valence-corrected chi connectivity index (χ2v) is 5.26. The van der Waals surface area contributed by atoms with Gasteiger partial charge in [0.2, 0.25) is 0 Å². The number of hydrogen-bond acceptors (Lipinski definition) is 2. The first-order valence-electron chi connectivity index (χ1n) is 6.96. The number of piperidine rings is 1. The normalized spacial score (nSPS) is 21.8. The van der Waals surface area contributed by atoms with Crippen LogP contribution in [0.4, 0.5) is 4.39 Å². The van der Waals surface area contributed by atoms with Crippen molar-refractivity contribution in [1.82, 2.24) is 10.6 Å². The lowest BCUT2D eigenvalue weighted by atomic mass is 9.98. The lowest BCUT2D eigenvalue weighted by Gasteiger charge is -2.26. The van der Waals surface area contributed by atoms with Gasteiger partial charge in [-0.15, -0.1) is 0 Å². The summed E-state index contributed by atoms with van der Waals surface area (Å²) in [5.74, 6) is -0.118. The number of nitrogens with one attached hydrogen (secondary N) is 2. The van der Waals surface area contributed by atoms with E-state index in [2.05, 4.69) is 17.6 Å². The number of rotatable bonds is 5. The van der Waals surface area contributed by atoms with Crippen LogP contribution in [0.3, 0.4) is 0 Å². The van der Waals surface area contributed by atoms with E-state index in [9.17, 15) is 4.39 Å². The molecule has 0 saturated carbocycles. The van der Waals surface area contributed by atoms with Crippen molar-refractivity contribution in [3.63, 3.8) is 0 Å². The van der Waals surface area contributed by atoms with Gasteiger partial charge in [-0.3, -0.25) is 0 Å². The zero-order valence-corrected chi connectivity index (χ0v) is 11.1. The van der Waals surface area contributed by atoms with Crippen LogP contribution in [0.2, 0.25) is 0 Å². The zero-order valence-electron chi connectivity index (χ0n) is 11.1. The SMILES string of the molecule is CC(CC1CCCCN1)NCc1ccccc1F. The average molecular weight is 250 g/mol. The molecule has 1 heterocycles. The van der Waals surface area contributed by atoms with Gasteiger partial charge in [-0.05, 0) is 38.8 Å². The smallest absolute Gasteiger partial charge is 0.127 e. The Kier molecular flexibility index (Phi) is 5.14.